The van der Waals surface area contributed by atoms with E-state index in [4.69, 9.17) is 0 Å². The van der Waals surface area contributed by atoms with Crippen molar-refractivity contribution in [3.63, 3.8) is 0 Å². The van der Waals surface area contributed by atoms with Crippen LogP contribution >= 0.6 is 22.7 Å². The van der Waals surface area contributed by atoms with Gasteiger partial charge in [-0.05, 0) is 19.3 Å². The summed E-state index contributed by atoms with van der Waals surface area (Å²) >= 11 is 2.89. The summed E-state index contributed by atoms with van der Waals surface area (Å²) in [6, 6.07) is 0.538. The fourth-order valence-electron chi connectivity index (χ4n) is 1.74. The molecule has 0 bridgehead atoms. The number of nitrogens with one attached hydrogen (secondary N) is 2. The third-order valence-electron chi connectivity index (χ3n) is 3.07. The Morgan fingerprint density at radius 1 is 1.38 bits per heavy atom. The fourth-order valence-corrected chi connectivity index (χ4v) is 3.29. The summed E-state index contributed by atoms with van der Waals surface area (Å²) < 4.78 is 0. The number of carbonyl (C=O) groups is 1. The van der Waals surface area contributed by atoms with Crippen LogP contribution in [0, 0.1) is 0 Å². The Bertz CT molecular complexity index is 620. The molecule has 3 rings (SSSR count). The highest BCUT2D eigenvalue weighted by Gasteiger charge is 2.22. The molecule has 2 aromatic heterocycles. The van der Waals surface area contributed by atoms with Crippen molar-refractivity contribution in [1.29, 1.82) is 0 Å². The first-order chi connectivity index (χ1) is 10.2. The minimum Gasteiger partial charge on any atom is -0.359 e. The average Bonchev–Trinajstić information content (AvgIpc) is 2.98. The number of unbranched alkanes of at least 4 members (excludes halogenated alkanes) is 1. The van der Waals surface area contributed by atoms with Gasteiger partial charge in [-0.3, -0.25) is 10.1 Å². The molecule has 2 N–H and O–H groups in total. The van der Waals surface area contributed by atoms with Crippen molar-refractivity contribution < 1.29 is 4.79 Å². The number of aryl methyl sites for hydroxylation is 1. The van der Waals surface area contributed by atoms with E-state index >= 15 is 0 Å². The van der Waals surface area contributed by atoms with Crippen LogP contribution in [0.3, 0.4) is 0 Å². The highest BCUT2D eigenvalue weighted by molar-refractivity contribution is 7.15. The second-order valence-corrected chi connectivity index (χ2v) is 6.94. The predicted molar refractivity (Wildman–Crippen MR) is 85.2 cm³/mol. The summed E-state index contributed by atoms with van der Waals surface area (Å²) in [5.41, 5.74) is 0.424. The minimum absolute atomic E-state index is 0.228. The van der Waals surface area contributed by atoms with E-state index in [1.54, 1.807) is 5.38 Å². The molecule has 0 unspecified atom stereocenters. The van der Waals surface area contributed by atoms with E-state index in [0.717, 1.165) is 29.4 Å². The van der Waals surface area contributed by atoms with Crippen LogP contribution in [-0.2, 0) is 6.42 Å². The average molecular weight is 323 g/mol. The maximum atomic E-state index is 12.1. The fraction of sp³-hybridized carbons (Fsp3) is 0.538. The zero-order chi connectivity index (χ0) is 14.7. The molecule has 21 heavy (non-hydrogen) atoms. The first-order valence-electron chi connectivity index (χ1n) is 7.10. The topological polar surface area (TPSA) is 79.8 Å². The molecule has 2 aromatic rings. The Morgan fingerprint density at radius 3 is 3.00 bits per heavy atom. The standard InChI is InChI=1S/C13H17N5OS2/c1-2-3-4-10-17-18-13(21-10)16-11(19)9-7-20-12(15-9)14-8-5-6-8/h7-8H,2-6H2,1H3,(H,14,15)(H,16,18,19). The van der Waals surface area contributed by atoms with Crippen molar-refractivity contribution >= 4 is 38.8 Å². The van der Waals surface area contributed by atoms with Crippen LogP contribution in [-0.4, -0.2) is 27.1 Å². The quantitative estimate of drug-likeness (QED) is 0.818. The summed E-state index contributed by atoms with van der Waals surface area (Å²) in [6.45, 7) is 2.14. The maximum Gasteiger partial charge on any atom is 0.277 e. The maximum absolute atomic E-state index is 12.1. The third-order valence-corrected chi connectivity index (χ3v) is 4.75. The van der Waals surface area contributed by atoms with Crippen molar-refractivity contribution in [3.05, 3.63) is 16.1 Å². The molecule has 0 radical (unpaired) electrons. The van der Waals surface area contributed by atoms with Crippen molar-refractivity contribution in [2.75, 3.05) is 10.6 Å². The summed E-state index contributed by atoms with van der Waals surface area (Å²) in [4.78, 5) is 16.4. The molecular formula is C13H17N5OS2. The van der Waals surface area contributed by atoms with Gasteiger partial charge in [-0.25, -0.2) is 4.98 Å². The number of amides is 1. The van der Waals surface area contributed by atoms with Crippen molar-refractivity contribution in [1.82, 2.24) is 15.2 Å². The molecule has 112 valence electrons. The molecule has 1 saturated carbocycles. The van der Waals surface area contributed by atoms with Crippen molar-refractivity contribution in [2.45, 2.75) is 45.1 Å². The van der Waals surface area contributed by atoms with Gasteiger partial charge in [0, 0.05) is 17.8 Å². The Labute approximate surface area is 131 Å². The molecule has 0 aliphatic heterocycles. The van der Waals surface area contributed by atoms with Crippen LogP contribution in [0.2, 0.25) is 0 Å². The molecule has 1 amide bonds. The number of rotatable bonds is 7. The summed E-state index contributed by atoms with van der Waals surface area (Å²) in [5.74, 6) is -0.228. The smallest absolute Gasteiger partial charge is 0.277 e. The normalized spacial score (nSPS) is 14.1. The largest absolute Gasteiger partial charge is 0.359 e. The second-order valence-electron chi connectivity index (χ2n) is 5.02. The number of anilines is 2. The zero-order valence-electron chi connectivity index (χ0n) is 11.8. The van der Waals surface area contributed by atoms with Crippen LogP contribution in [0.5, 0.6) is 0 Å². The lowest BCUT2D eigenvalue weighted by molar-refractivity contribution is 0.102. The van der Waals surface area contributed by atoms with E-state index in [0.29, 0.717) is 16.9 Å². The van der Waals surface area contributed by atoms with Crippen LogP contribution in [0.1, 0.15) is 48.1 Å². The molecule has 6 nitrogen and oxygen atoms in total. The van der Waals surface area contributed by atoms with Gasteiger partial charge in [0.05, 0.1) is 0 Å². The number of aromatic nitrogens is 3. The molecule has 0 atom stereocenters. The third kappa shape index (κ3) is 3.98. The summed E-state index contributed by atoms with van der Waals surface area (Å²) in [7, 11) is 0. The number of thiazole rings is 1. The number of hydrogen-bond donors (Lipinski definition) is 2. The highest BCUT2D eigenvalue weighted by Crippen LogP contribution is 2.27. The SMILES string of the molecule is CCCCc1nnc(NC(=O)c2csc(NC3CC3)n2)s1. The van der Waals surface area contributed by atoms with Crippen LogP contribution < -0.4 is 10.6 Å². The molecule has 8 heteroatoms. The van der Waals surface area contributed by atoms with Crippen molar-refractivity contribution in [2.24, 2.45) is 0 Å². The van der Waals surface area contributed by atoms with E-state index in [2.05, 4.69) is 32.7 Å². The molecule has 0 saturated heterocycles. The van der Waals surface area contributed by atoms with Gasteiger partial charge in [-0.1, -0.05) is 24.7 Å². The van der Waals surface area contributed by atoms with E-state index in [1.807, 2.05) is 0 Å². The van der Waals surface area contributed by atoms with E-state index in [-0.39, 0.29) is 5.91 Å². The minimum atomic E-state index is -0.228. The number of carbonyl (C=O) groups excluding carboxylic acids is 1. The van der Waals surface area contributed by atoms with E-state index in [9.17, 15) is 4.79 Å². The monoisotopic (exact) mass is 323 g/mol. The Hall–Kier alpha value is -1.54. The lowest BCUT2D eigenvalue weighted by Gasteiger charge is -1.98. The van der Waals surface area contributed by atoms with Gasteiger partial charge in [-0.2, -0.15) is 0 Å². The van der Waals surface area contributed by atoms with Crippen LogP contribution in [0.4, 0.5) is 10.3 Å². The highest BCUT2D eigenvalue weighted by atomic mass is 32.1. The first-order valence-corrected chi connectivity index (χ1v) is 8.80. The molecule has 1 aliphatic rings. The number of hydrogen-bond acceptors (Lipinski definition) is 7. The van der Waals surface area contributed by atoms with E-state index in [1.165, 1.54) is 35.5 Å². The van der Waals surface area contributed by atoms with Crippen LogP contribution in [0.25, 0.3) is 0 Å². The second kappa shape index (κ2) is 6.48. The molecule has 1 fully saturated rings. The number of nitrogens with zero attached hydrogens (tertiary/aromatic N) is 3. The van der Waals surface area contributed by atoms with Gasteiger partial charge in [-0.15, -0.1) is 21.5 Å². The van der Waals surface area contributed by atoms with Gasteiger partial charge in [0.25, 0.3) is 5.91 Å². The summed E-state index contributed by atoms with van der Waals surface area (Å²) in [6.07, 6.45) is 5.50. The Balaban J connectivity index is 1.57. The van der Waals surface area contributed by atoms with Gasteiger partial charge in [0.2, 0.25) is 5.13 Å². The summed E-state index contributed by atoms with van der Waals surface area (Å²) in [5, 5.41) is 18.2. The Kier molecular flexibility index (Phi) is 4.45. The van der Waals surface area contributed by atoms with Gasteiger partial charge < -0.3 is 5.32 Å². The zero-order valence-corrected chi connectivity index (χ0v) is 13.4. The lowest BCUT2D eigenvalue weighted by atomic mass is 10.3. The predicted octanol–water partition coefficient (Wildman–Crippen LogP) is 3.16. The molecule has 2 heterocycles. The first kappa shape index (κ1) is 14.4. The van der Waals surface area contributed by atoms with Gasteiger partial charge in [0.1, 0.15) is 10.7 Å². The van der Waals surface area contributed by atoms with E-state index < -0.39 is 0 Å². The lowest BCUT2D eigenvalue weighted by Crippen LogP contribution is -2.12. The molecule has 0 aromatic carbocycles. The van der Waals surface area contributed by atoms with Gasteiger partial charge >= 0.3 is 0 Å². The Morgan fingerprint density at radius 2 is 2.24 bits per heavy atom. The molecule has 1 aliphatic carbocycles. The van der Waals surface area contributed by atoms with Crippen molar-refractivity contribution in [3.8, 4) is 0 Å². The molecule has 0 spiro atoms. The van der Waals surface area contributed by atoms with Crippen LogP contribution in [0.15, 0.2) is 5.38 Å². The van der Waals surface area contributed by atoms with Gasteiger partial charge in [0.15, 0.2) is 5.13 Å². The molecular weight excluding hydrogens is 306 g/mol.